The Morgan fingerprint density at radius 1 is 1.18 bits per heavy atom. The summed E-state index contributed by atoms with van der Waals surface area (Å²) in [5.74, 6) is -2.14. The minimum Gasteiger partial charge on any atom is -0.399 e. The van der Waals surface area contributed by atoms with Gasteiger partial charge in [-0.25, -0.2) is 4.90 Å². The second-order valence-electron chi connectivity index (χ2n) is 5.56. The van der Waals surface area contributed by atoms with E-state index in [4.69, 9.17) is 5.73 Å². The third-order valence-corrected chi connectivity index (χ3v) is 3.78. The van der Waals surface area contributed by atoms with E-state index in [1.54, 1.807) is 18.2 Å². The van der Waals surface area contributed by atoms with Crippen molar-refractivity contribution in [3.8, 4) is 0 Å². The van der Waals surface area contributed by atoms with Gasteiger partial charge in [-0.05, 0) is 31.0 Å². The smallest absolute Gasteiger partial charge is 0.323 e. The summed E-state index contributed by atoms with van der Waals surface area (Å²) in [5, 5.41) is 2.72. The average Bonchev–Trinajstić information content (AvgIpc) is 2.48. The first-order valence-electron chi connectivity index (χ1n) is 7.50. The van der Waals surface area contributed by atoms with Gasteiger partial charge in [-0.15, -0.1) is 0 Å². The highest BCUT2D eigenvalue weighted by Gasteiger charge is 2.28. The lowest BCUT2D eigenvalue weighted by molar-refractivity contribution is -0.140. The summed E-state index contributed by atoms with van der Waals surface area (Å²) < 4.78 is 0. The predicted molar refractivity (Wildman–Crippen MR) is 84.0 cm³/mol. The molecule has 2 rings (SSSR count). The molecule has 3 amide bonds. The maximum atomic E-state index is 12.3. The van der Waals surface area contributed by atoms with Crippen LogP contribution in [-0.4, -0.2) is 23.8 Å². The fourth-order valence-electron chi connectivity index (χ4n) is 2.70. The molecule has 3 N–H and O–H groups in total. The second-order valence-corrected chi connectivity index (χ2v) is 5.56. The lowest BCUT2D eigenvalue weighted by Gasteiger charge is -2.24. The Morgan fingerprint density at radius 2 is 1.86 bits per heavy atom. The highest BCUT2D eigenvalue weighted by Crippen LogP contribution is 2.19. The minimum absolute atomic E-state index is 0.0138. The summed E-state index contributed by atoms with van der Waals surface area (Å²) in [6.07, 6.45) is 4.99. The first kappa shape index (κ1) is 16.0. The molecule has 0 bridgehead atoms. The highest BCUT2D eigenvalue weighted by molar-refractivity contribution is 6.45. The molecule has 0 aliphatic heterocycles. The largest absolute Gasteiger partial charge is 0.399 e. The van der Waals surface area contributed by atoms with Crippen LogP contribution in [0.15, 0.2) is 24.3 Å². The molecule has 0 aromatic heterocycles. The SMILES string of the molecule is CC(=O)N(C(=O)C(=O)NC1CCCCC1)c1cccc(N)c1. The molecule has 1 saturated carbocycles. The summed E-state index contributed by atoms with van der Waals surface area (Å²) >= 11 is 0. The molecule has 6 nitrogen and oxygen atoms in total. The number of hydrogen-bond acceptors (Lipinski definition) is 4. The quantitative estimate of drug-likeness (QED) is 0.641. The Bertz CT molecular complexity index is 580. The lowest BCUT2D eigenvalue weighted by atomic mass is 9.95. The molecule has 0 unspecified atom stereocenters. The van der Waals surface area contributed by atoms with Gasteiger partial charge in [-0.3, -0.25) is 14.4 Å². The number of carbonyl (C=O) groups is 3. The number of nitrogens with zero attached hydrogens (tertiary/aromatic N) is 1. The van der Waals surface area contributed by atoms with Crippen molar-refractivity contribution < 1.29 is 14.4 Å². The normalized spacial score (nSPS) is 15.1. The molecule has 0 spiro atoms. The maximum Gasteiger partial charge on any atom is 0.323 e. The molecule has 0 saturated heterocycles. The van der Waals surface area contributed by atoms with E-state index in [0.717, 1.165) is 37.0 Å². The van der Waals surface area contributed by atoms with Crippen LogP contribution < -0.4 is 16.0 Å². The van der Waals surface area contributed by atoms with Gasteiger partial charge in [0.25, 0.3) is 0 Å². The molecule has 1 fully saturated rings. The first-order chi connectivity index (χ1) is 10.5. The number of anilines is 2. The Balaban J connectivity index is 2.12. The molecule has 1 aliphatic carbocycles. The van der Waals surface area contributed by atoms with Crippen LogP contribution in [0.25, 0.3) is 0 Å². The van der Waals surface area contributed by atoms with E-state index in [1.807, 2.05) is 0 Å². The fourth-order valence-corrected chi connectivity index (χ4v) is 2.70. The van der Waals surface area contributed by atoms with Crippen molar-refractivity contribution >= 4 is 29.1 Å². The van der Waals surface area contributed by atoms with Crippen LogP contribution in [0, 0.1) is 0 Å². The third-order valence-electron chi connectivity index (χ3n) is 3.78. The van der Waals surface area contributed by atoms with Crippen molar-refractivity contribution in [2.24, 2.45) is 0 Å². The number of imide groups is 1. The van der Waals surface area contributed by atoms with E-state index in [1.165, 1.54) is 13.0 Å². The maximum absolute atomic E-state index is 12.3. The molecule has 1 aromatic carbocycles. The van der Waals surface area contributed by atoms with E-state index in [-0.39, 0.29) is 6.04 Å². The summed E-state index contributed by atoms with van der Waals surface area (Å²) in [7, 11) is 0. The fraction of sp³-hybridized carbons (Fsp3) is 0.438. The highest BCUT2D eigenvalue weighted by atomic mass is 16.2. The monoisotopic (exact) mass is 303 g/mol. The van der Waals surface area contributed by atoms with Crippen molar-refractivity contribution in [1.82, 2.24) is 5.32 Å². The van der Waals surface area contributed by atoms with Gasteiger partial charge in [-0.1, -0.05) is 25.3 Å². The van der Waals surface area contributed by atoms with Crippen LogP contribution in [-0.2, 0) is 14.4 Å². The third kappa shape index (κ3) is 3.84. The topological polar surface area (TPSA) is 92.5 Å². The Labute approximate surface area is 129 Å². The molecule has 6 heteroatoms. The Hall–Kier alpha value is -2.37. The molecular weight excluding hydrogens is 282 g/mol. The number of hydrogen-bond donors (Lipinski definition) is 2. The first-order valence-corrected chi connectivity index (χ1v) is 7.50. The van der Waals surface area contributed by atoms with Crippen LogP contribution in [0.4, 0.5) is 11.4 Å². The predicted octanol–water partition coefficient (Wildman–Crippen LogP) is 1.60. The molecule has 0 radical (unpaired) electrons. The van der Waals surface area contributed by atoms with Gasteiger partial charge in [-0.2, -0.15) is 0 Å². The van der Waals surface area contributed by atoms with Gasteiger partial charge >= 0.3 is 11.8 Å². The van der Waals surface area contributed by atoms with Crippen molar-refractivity contribution in [2.75, 3.05) is 10.6 Å². The van der Waals surface area contributed by atoms with Crippen molar-refractivity contribution in [3.05, 3.63) is 24.3 Å². The van der Waals surface area contributed by atoms with Gasteiger partial charge in [0.2, 0.25) is 5.91 Å². The van der Waals surface area contributed by atoms with Gasteiger partial charge in [0, 0.05) is 18.7 Å². The molecule has 22 heavy (non-hydrogen) atoms. The van der Waals surface area contributed by atoms with Crippen LogP contribution in [0.3, 0.4) is 0 Å². The summed E-state index contributed by atoms with van der Waals surface area (Å²) in [4.78, 5) is 37.1. The average molecular weight is 303 g/mol. The molecule has 118 valence electrons. The van der Waals surface area contributed by atoms with E-state index in [0.29, 0.717) is 11.4 Å². The van der Waals surface area contributed by atoms with Crippen molar-refractivity contribution in [2.45, 2.75) is 45.1 Å². The Morgan fingerprint density at radius 3 is 2.45 bits per heavy atom. The summed E-state index contributed by atoms with van der Waals surface area (Å²) in [5.41, 5.74) is 6.40. The molecular formula is C16H21N3O3. The summed E-state index contributed by atoms with van der Waals surface area (Å²) in [6, 6.07) is 6.36. The number of nitrogens with two attached hydrogens (primary N) is 1. The zero-order valence-corrected chi connectivity index (χ0v) is 12.7. The van der Waals surface area contributed by atoms with E-state index < -0.39 is 17.7 Å². The number of carbonyl (C=O) groups excluding carboxylic acids is 3. The van der Waals surface area contributed by atoms with E-state index in [9.17, 15) is 14.4 Å². The van der Waals surface area contributed by atoms with Crippen molar-refractivity contribution in [3.63, 3.8) is 0 Å². The molecule has 0 atom stereocenters. The van der Waals surface area contributed by atoms with E-state index in [2.05, 4.69) is 5.32 Å². The van der Waals surface area contributed by atoms with Crippen LogP contribution in [0.1, 0.15) is 39.0 Å². The Kier molecular flexibility index (Phi) is 5.14. The van der Waals surface area contributed by atoms with Crippen LogP contribution in [0.2, 0.25) is 0 Å². The van der Waals surface area contributed by atoms with Crippen LogP contribution in [0.5, 0.6) is 0 Å². The number of nitrogen functional groups attached to an aromatic ring is 1. The standard InChI is InChI=1S/C16H21N3O3/c1-11(20)19(14-9-5-6-12(17)10-14)16(22)15(21)18-13-7-3-2-4-8-13/h5-6,9-10,13H,2-4,7-8,17H2,1H3,(H,18,21). The van der Waals surface area contributed by atoms with Gasteiger partial charge in [0.1, 0.15) is 0 Å². The second kappa shape index (κ2) is 7.06. The van der Waals surface area contributed by atoms with Gasteiger partial charge < -0.3 is 11.1 Å². The summed E-state index contributed by atoms with van der Waals surface area (Å²) in [6.45, 7) is 1.25. The van der Waals surface area contributed by atoms with Gasteiger partial charge in [0.05, 0.1) is 5.69 Å². The lowest BCUT2D eigenvalue weighted by Crippen LogP contribution is -2.48. The zero-order valence-electron chi connectivity index (χ0n) is 12.7. The minimum atomic E-state index is -0.872. The number of amides is 3. The zero-order chi connectivity index (χ0) is 16.1. The number of rotatable bonds is 2. The molecule has 1 aromatic rings. The van der Waals surface area contributed by atoms with Crippen LogP contribution >= 0.6 is 0 Å². The molecule has 1 aliphatic rings. The number of nitrogens with one attached hydrogen (secondary N) is 1. The number of benzene rings is 1. The molecule has 0 heterocycles. The van der Waals surface area contributed by atoms with Gasteiger partial charge in [0.15, 0.2) is 0 Å². The van der Waals surface area contributed by atoms with Crippen molar-refractivity contribution in [1.29, 1.82) is 0 Å². The van der Waals surface area contributed by atoms with E-state index >= 15 is 0 Å².